The third-order valence-electron chi connectivity index (χ3n) is 3.75. The zero-order valence-corrected chi connectivity index (χ0v) is 13.5. The number of nitrogens with one attached hydrogen (secondary N) is 1. The molecule has 118 valence electrons. The first kappa shape index (κ1) is 16.3. The van der Waals surface area contributed by atoms with Gasteiger partial charge in [0.05, 0.1) is 13.2 Å². The van der Waals surface area contributed by atoms with Crippen molar-refractivity contribution in [3.05, 3.63) is 29.3 Å². The Morgan fingerprint density at radius 2 is 2.05 bits per heavy atom. The van der Waals surface area contributed by atoms with Crippen LogP contribution in [0.2, 0.25) is 0 Å². The molecule has 1 aliphatic heterocycles. The van der Waals surface area contributed by atoms with Crippen LogP contribution < -0.4 is 10.1 Å². The summed E-state index contributed by atoms with van der Waals surface area (Å²) in [7, 11) is 0. The lowest BCUT2D eigenvalue weighted by molar-refractivity contribution is 0.0321. The molecule has 21 heavy (non-hydrogen) atoms. The van der Waals surface area contributed by atoms with Crippen LogP contribution in [-0.4, -0.2) is 50.4 Å². The second-order valence-electron chi connectivity index (χ2n) is 5.90. The van der Waals surface area contributed by atoms with E-state index >= 15 is 0 Å². The summed E-state index contributed by atoms with van der Waals surface area (Å²) in [5.41, 5.74) is 2.45. The molecule has 0 radical (unpaired) electrons. The van der Waals surface area contributed by atoms with E-state index in [1.807, 2.05) is 0 Å². The molecule has 1 heterocycles. The molecule has 1 aromatic carbocycles. The van der Waals surface area contributed by atoms with Crippen molar-refractivity contribution in [2.75, 3.05) is 39.5 Å². The highest BCUT2D eigenvalue weighted by Crippen LogP contribution is 2.23. The van der Waals surface area contributed by atoms with Gasteiger partial charge in [0.2, 0.25) is 0 Å². The Balaban J connectivity index is 1.88. The fraction of sp³-hybridized carbons (Fsp3) is 0.647. The van der Waals surface area contributed by atoms with Gasteiger partial charge in [-0.25, -0.2) is 0 Å². The van der Waals surface area contributed by atoms with E-state index in [9.17, 15) is 0 Å². The molecule has 1 N–H and O–H groups in total. The van der Waals surface area contributed by atoms with Crippen molar-refractivity contribution in [1.82, 2.24) is 10.2 Å². The topological polar surface area (TPSA) is 33.7 Å². The van der Waals surface area contributed by atoms with Crippen molar-refractivity contribution < 1.29 is 9.47 Å². The normalized spacial score (nSPS) is 16.4. The largest absolute Gasteiger partial charge is 0.492 e. The summed E-state index contributed by atoms with van der Waals surface area (Å²) in [5.74, 6) is 1.04. The molecule has 0 atom stereocenters. The summed E-state index contributed by atoms with van der Waals surface area (Å²) < 4.78 is 11.4. The van der Waals surface area contributed by atoms with Crippen molar-refractivity contribution in [2.45, 2.75) is 33.4 Å². The van der Waals surface area contributed by atoms with Crippen LogP contribution in [0.15, 0.2) is 18.2 Å². The number of ether oxygens (including phenoxy) is 2. The number of morpholine rings is 1. The molecular formula is C17H28N2O2. The molecule has 0 aromatic heterocycles. The van der Waals surface area contributed by atoms with Crippen LogP contribution in [0.4, 0.5) is 0 Å². The molecule has 4 heteroatoms. The molecule has 4 nitrogen and oxygen atoms in total. The second-order valence-corrected chi connectivity index (χ2v) is 5.90. The lowest BCUT2D eigenvalue weighted by Crippen LogP contribution is -2.38. The van der Waals surface area contributed by atoms with Crippen LogP contribution in [0.25, 0.3) is 0 Å². The van der Waals surface area contributed by atoms with E-state index in [1.165, 1.54) is 11.1 Å². The first-order valence-electron chi connectivity index (χ1n) is 7.91. The third kappa shape index (κ3) is 5.30. The predicted octanol–water partition coefficient (Wildman–Crippen LogP) is 2.20. The summed E-state index contributed by atoms with van der Waals surface area (Å²) in [6.45, 7) is 12.7. The van der Waals surface area contributed by atoms with Gasteiger partial charge >= 0.3 is 0 Å². The first-order valence-corrected chi connectivity index (χ1v) is 7.91. The number of hydrogen-bond acceptors (Lipinski definition) is 4. The van der Waals surface area contributed by atoms with Gasteiger partial charge in [-0.15, -0.1) is 0 Å². The molecule has 1 aromatic rings. The number of hydrogen-bond donors (Lipinski definition) is 1. The Hall–Kier alpha value is -1.10. The van der Waals surface area contributed by atoms with Gasteiger partial charge in [-0.05, 0) is 12.5 Å². The molecule has 0 spiro atoms. The van der Waals surface area contributed by atoms with Crippen LogP contribution in [-0.2, 0) is 11.3 Å². The van der Waals surface area contributed by atoms with Gasteiger partial charge < -0.3 is 14.8 Å². The zero-order chi connectivity index (χ0) is 15.1. The van der Waals surface area contributed by atoms with Gasteiger partial charge in [0.1, 0.15) is 12.4 Å². The summed E-state index contributed by atoms with van der Waals surface area (Å²) >= 11 is 0. The Morgan fingerprint density at radius 3 is 2.76 bits per heavy atom. The highest BCUT2D eigenvalue weighted by molar-refractivity contribution is 5.40. The summed E-state index contributed by atoms with van der Waals surface area (Å²) in [6, 6.07) is 6.84. The van der Waals surface area contributed by atoms with E-state index in [4.69, 9.17) is 9.47 Å². The third-order valence-corrected chi connectivity index (χ3v) is 3.75. The van der Waals surface area contributed by atoms with E-state index in [0.29, 0.717) is 6.04 Å². The van der Waals surface area contributed by atoms with Gasteiger partial charge in [-0.3, -0.25) is 4.90 Å². The quantitative estimate of drug-likeness (QED) is 0.835. The maximum Gasteiger partial charge on any atom is 0.126 e. The van der Waals surface area contributed by atoms with Crippen molar-refractivity contribution in [3.63, 3.8) is 0 Å². The Bertz CT molecular complexity index is 429. The second kappa shape index (κ2) is 8.37. The molecule has 1 saturated heterocycles. The molecule has 0 saturated carbocycles. The van der Waals surface area contributed by atoms with Crippen molar-refractivity contribution in [3.8, 4) is 5.75 Å². The minimum atomic E-state index is 0.478. The Kier molecular flexibility index (Phi) is 6.49. The molecule has 0 bridgehead atoms. The highest BCUT2D eigenvalue weighted by atomic mass is 16.5. The van der Waals surface area contributed by atoms with Crippen molar-refractivity contribution >= 4 is 0 Å². The van der Waals surface area contributed by atoms with Gasteiger partial charge in [0.25, 0.3) is 0 Å². The monoisotopic (exact) mass is 292 g/mol. The maximum absolute atomic E-state index is 6.08. The van der Waals surface area contributed by atoms with Gasteiger partial charge in [0, 0.05) is 37.8 Å². The van der Waals surface area contributed by atoms with Gasteiger partial charge in [-0.2, -0.15) is 0 Å². The number of para-hydroxylation sites is 1. The minimum Gasteiger partial charge on any atom is -0.492 e. The number of rotatable bonds is 7. The predicted molar refractivity (Wildman–Crippen MR) is 85.9 cm³/mol. The SMILES string of the molecule is Cc1cccc(CNC(C)C)c1OCCN1CCOCC1. The smallest absolute Gasteiger partial charge is 0.126 e. The molecule has 2 rings (SSSR count). The number of nitrogens with zero attached hydrogens (tertiary/aromatic N) is 1. The number of benzene rings is 1. The molecule has 0 unspecified atom stereocenters. The van der Waals surface area contributed by atoms with Crippen LogP contribution in [0.3, 0.4) is 0 Å². The minimum absolute atomic E-state index is 0.478. The molecular weight excluding hydrogens is 264 g/mol. The molecule has 1 aliphatic rings. The maximum atomic E-state index is 6.08. The van der Waals surface area contributed by atoms with Gasteiger partial charge in [-0.1, -0.05) is 32.0 Å². The number of aryl methyl sites for hydroxylation is 1. The lowest BCUT2D eigenvalue weighted by Gasteiger charge is -2.26. The van der Waals surface area contributed by atoms with Crippen LogP contribution in [0, 0.1) is 6.92 Å². The van der Waals surface area contributed by atoms with Crippen molar-refractivity contribution in [1.29, 1.82) is 0 Å². The Labute approximate surface area is 128 Å². The average molecular weight is 292 g/mol. The fourth-order valence-electron chi connectivity index (χ4n) is 2.47. The van der Waals surface area contributed by atoms with Gasteiger partial charge in [0.15, 0.2) is 0 Å². The molecule has 0 aliphatic carbocycles. The summed E-state index contributed by atoms with van der Waals surface area (Å²) in [4.78, 5) is 2.40. The standard InChI is InChI=1S/C17H28N2O2/c1-14(2)18-13-16-6-4-5-15(3)17(16)21-12-9-19-7-10-20-11-8-19/h4-6,14,18H,7-13H2,1-3H3. The van der Waals surface area contributed by atoms with E-state index in [2.05, 4.69) is 49.2 Å². The first-order chi connectivity index (χ1) is 10.2. The van der Waals surface area contributed by atoms with E-state index in [1.54, 1.807) is 0 Å². The van der Waals surface area contributed by atoms with Crippen LogP contribution >= 0.6 is 0 Å². The average Bonchev–Trinajstić information content (AvgIpc) is 2.48. The highest BCUT2D eigenvalue weighted by Gasteiger charge is 2.11. The lowest BCUT2D eigenvalue weighted by atomic mass is 10.1. The van der Waals surface area contributed by atoms with Crippen molar-refractivity contribution in [2.24, 2.45) is 0 Å². The Morgan fingerprint density at radius 1 is 1.29 bits per heavy atom. The fourth-order valence-corrected chi connectivity index (χ4v) is 2.47. The molecule has 1 fully saturated rings. The molecule has 0 amide bonds. The summed E-state index contributed by atoms with van der Waals surface area (Å²) in [6.07, 6.45) is 0. The van der Waals surface area contributed by atoms with E-state index < -0.39 is 0 Å². The van der Waals surface area contributed by atoms with Crippen LogP contribution in [0.1, 0.15) is 25.0 Å². The van der Waals surface area contributed by atoms with E-state index in [0.717, 1.165) is 51.7 Å². The van der Waals surface area contributed by atoms with Crippen LogP contribution in [0.5, 0.6) is 5.75 Å². The summed E-state index contributed by atoms with van der Waals surface area (Å²) in [5, 5.41) is 3.46. The van der Waals surface area contributed by atoms with E-state index in [-0.39, 0.29) is 0 Å². The zero-order valence-electron chi connectivity index (χ0n) is 13.5.